The second kappa shape index (κ2) is 9.21. The molecule has 0 spiro atoms. The number of pyridine rings is 1. The van der Waals surface area contributed by atoms with Gasteiger partial charge in [0, 0.05) is 38.4 Å². The maximum atomic E-state index is 11.7. The van der Waals surface area contributed by atoms with Crippen LogP contribution in [0.4, 0.5) is 0 Å². The van der Waals surface area contributed by atoms with Gasteiger partial charge in [0.05, 0.1) is 0 Å². The number of hydrogen-bond donors (Lipinski definition) is 2. The average molecular weight is 292 g/mol. The van der Waals surface area contributed by atoms with Crippen LogP contribution < -0.4 is 16.2 Å². The van der Waals surface area contributed by atoms with Gasteiger partial charge in [-0.1, -0.05) is 19.9 Å². The molecule has 0 radical (unpaired) electrons. The molecule has 0 bridgehead atoms. The van der Waals surface area contributed by atoms with Crippen molar-refractivity contribution in [1.82, 2.24) is 15.2 Å². The Balaban J connectivity index is 2.27. The zero-order valence-corrected chi connectivity index (χ0v) is 13.6. The van der Waals surface area contributed by atoms with Crippen LogP contribution >= 0.6 is 0 Å². The molecule has 0 aliphatic rings. The van der Waals surface area contributed by atoms with E-state index < -0.39 is 0 Å². The fourth-order valence-electron chi connectivity index (χ4n) is 2.03. The molecule has 0 unspecified atom stereocenters. The molecule has 0 aliphatic carbocycles. The lowest BCUT2D eigenvalue weighted by atomic mass is 10.2. The largest absolute Gasteiger partial charge is 0.356 e. The molecule has 2 N–H and O–H groups in total. The second-order valence-corrected chi connectivity index (χ2v) is 5.64. The quantitative estimate of drug-likeness (QED) is 0.457. The molecule has 1 heterocycles. The third-order valence-electron chi connectivity index (χ3n) is 3.27. The van der Waals surface area contributed by atoms with Gasteiger partial charge in [0.1, 0.15) is 0 Å². The average Bonchev–Trinajstić information content (AvgIpc) is 2.44. The lowest BCUT2D eigenvalue weighted by Crippen LogP contribution is -2.39. The molecule has 0 atom stereocenters. The Morgan fingerprint density at radius 2 is 2.05 bits per heavy atom. The van der Waals surface area contributed by atoms with Crippen molar-refractivity contribution in [2.24, 2.45) is 10.9 Å². The van der Waals surface area contributed by atoms with Gasteiger partial charge in [-0.15, -0.1) is 0 Å². The molecule has 0 fully saturated rings. The van der Waals surface area contributed by atoms with Crippen LogP contribution in [0.15, 0.2) is 28.0 Å². The standard InChI is InChI=1S/C16H28N4O/c1-13(2)12-19-16(17-4)18-10-5-6-11-20-14(3)8-7-9-15(20)21/h7-9,13H,5-6,10-12H2,1-4H3,(H2,17,18,19). The Kier molecular flexibility index (Phi) is 7.58. The van der Waals surface area contributed by atoms with Gasteiger partial charge in [0.25, 0.3) is 5.56 Å². The van der Waals surface area contributed by atoms with Crippen molar-refractivity contribution in [1.29, 1.82) is 0 Å². The van der Waals surface area contributed by atoms with Crippen molar-refractivity contribution in [3.8, 4) is 0 Å². The fourth-order valence-corrected chi connectivity index (χ4v) is 2.03. The first kappa shape index (κ1) is 17.3. The van der Waals surface area contributed by atoms with Crippen molar-refractivity contribution < 1.29 is 0 Å². The Morgan fingerprint density at radius 1 is 1.29 bits per heavy atom. The van der Waals surface area contributed by atoms with Crippen LogP contribution in [0.3, 0.4) is 0 Å². The molecular weight excluding hydrogens is 264 g/mol. The Morgan fingerprint density at radius 3 is 2.67 bits per heavy atom. The first-order valence-corrected chi connectivity index (χ1v) is 7.65. The van der Waals surface area contributed by atoms with Gasteiger partial charge >= 0.3 is 0 Å². The minimum atomic E-state index is 0.0809. The maximum absolute atomic E-state index is 11.7. The summed E-state index contributed by atoms with van der Waals surface area (Å²) in [6.45, 7) is 8.85. The highest BCUT2D eigenvalue weighted by atomic mass is 16.1. The van der Waals surface area contributed by atoms with E-state index in [1.165, 1.54) is 0 Å². The van der Waals surface area contributed by atoms with Crippen molar-refractivity contribution in [3.05, 3.63) is 34.2 Å². The van der Waals surface area contributed by atoms with Crippen molar-refractivity contribution in [2.45, 2.75) is 40.2 Å². The summed E-state index contributed by atoms with van der Waals surface area (Å²) in [5, 5.41) is 6.57. The van der Waals surface area contributed by atoms with E-state index in [1.54, 1.807) is 19.2 Å². The summed E-state index contributed by atoms with van der Waals surface area (Å²) < 4.78 is 1.83. The predicted octanol–water partition coefficient (Wildman–Crippen LogP) is 1.76. The van der Waals surface area contributed by atoms with Gasteiger partial charge in [-0.25, -0.2) is 0 Å². The summed E-state index contributed by atoms with van der Waals surface area (Å²) in [6, 6.07) is 5.39. The summed E-state index contributed by atoms with van der Waals surface area (Å²) in [5.74, 6) is 1.44. The number of aliphatic imine (C=N–C) groups is 1. The number of guanidine groups is 1. The van der Waals surface area contributed by atoms with Crippen LogP contribution in [-0.4, -0.2) is 30.7 Å². The van der Waals surface area contributed by atoms with Crippen LogP contribution in [0.25, 0.3) is 0 Å². The number of rotatable bonds is 7. The smallest absolute Gasteiger partial charge is 0.250 e. The molecular formula is C16H28N4O. The molecule has 1 aromatic heterocycles. The summed E-state index contributed by atoms with van der Waals surface area (Å²) >= 11 is 0. The van der Waals surface area contributed by atoms with E-state index in [4.69, 9.17) is 0 Å². The molecule has 5 nitrogen and oxygen atoms in total. The Labute approximate surface area is 127 Å². The third kappa shape index (κ3) is 6.47. The van der Waals surface area contributed by atoms with Gasteiger partial charge in [-0.3, -0.25) is 9.79 Å². The van der Waals surface area contributed by atoms with E-state index in [2.05, 4.69) is 29.5 Å². The lowest BCUT2D eigenvalue weighted by Gasteiger charge is -2.13. The highest BCUT2D eigenvalue weighted by Crippen LogP contribution is 1.97. The molecule has 118 valence electrons. The molecule has 0 aromatic carbocycles. The lowest BCUT2D eigenvalue weighted by molar-refractivity contribution is 0.570. The van der Waals surface area contributed by atoms with E-state index in [1.807, 2.05) is 17.6 Å². The summed E-state index contributed by atoms with van der Waals surface area (Å²) in [7, 11) is 1.78. The SMILES string of the molecule is CN=C(NCCCCn1c(C)cccc1=O)NCC(C)C. The fraction of sp³-hybridized carbons (Fsp3) is 0.625. The summed E-state index contributed by atoms with van der Waals surface area (Å²) in [6.07, 6.45) is 1.97. The van der Waals surface area contributed by atoms with Gasteiger partial charge in [-0.2, -0.15) is 0 Å². The monoisotopic (exact) mass is 292 g/mol. The van der Waals surface area contributed by atoms with Crippen molar-refractivity contribution in [2.75, 3.05) is 20.1 Å². The highest BCUT2D eigenvalue weighted by molar-refractivity contribution is 5.79. The first-order valence-electron chi connectivity index (χ1n) is 7.65. The number of aromatic nitrogens is 1. The topological polar surface area (TPSA) is 58.4 Å². The van der Waals surface area contributed by atoms with Crippen molar-refractivity contribution >= 4 is 5.96 Å². The minimum absolute atomic E-state index is 0.0809. The van der Waals surface area contributed by atoms with Crippen LogP contribution in [-0.2, 0) is 6.54 Å². The molecule has 21 heavy (non-hydrogen) atoms. The number of aryl methyl sites for hydroxylation is 1. The molecule has 1 aromatic rings. The summed E-state index contributed by atoms with van der Waals surface area (Å²) in [5.41, 5.74) is 1.10. The third-order valence-corrected chi connectivity index (χ3v) is 3.27. The van der Waals surface area contributed by atoms with Crippen LogP contribution in [0.5, 0.6) is 0 Å². The zero-order chi connectivity index (χ0) is 15.7. The van der Waals surface area contributed by atoms with E-state index in [9.17, 15) is 4.79 Å². The molecule has 0 amide bonds. The zero-order valence-electron chi connectivity index (χ0n) is 13.6. The maximum Gasteiger partial charge on any atom is 0.250 e. The van der Waals surface area contributed by atoms with Crippen LogP contribution in [0.1, 0.15) is 32.4 Å². The summed E-state index contributed by atoms with van der Waals surface area (Å²) in [4.78, 5) is 15.9. The molecule has 1 rings (SSSR count). The minimum Gasteiger partial charge on any atom is -0.356 e. The predicted molar refractivity (Wildman–Crippen MR) is 88.9 cm³/mol. The molecule has 5 heteroatoms. The van der Waals surface area contributed by atoms with Crippen LogP contribution in [0, 0.1) is 12.8 Å². The van der Waals surface area contributed by atoms with E-state index in [0.717, 1.165) is 44.1 Å². The van der Waals surface area contributed by atoms with Gasteiger partial charge in [0.2, 0.25) is 0 Å². The van der Waals surface area contributed by atoms with E-state index in [0.29, 0.717) is 5.92 Å². The number of nitrogens with one attached hydrogen (secondary N) is 2. The second-order valence-electron chi connectivity index (χ2n) is 5.64. The number of hydrogen-bond acceptors (Lipinski definition) is 2. The molecule has 0 aliphatic heterocycles. The molecule has 0 saturated heterocycles. The van der Waals surface area contributed by atoms with Gasteiger partial charge in [-0.05, 0) is 31.7 Å². The number of unbranched alkanes of at least 4 members (excludes halogenated alkanes) is 1. The van der Waals surface area contributed by atoms with E-state index >= 15 is 0 Å². The van der Waals surface area contributed by atoms with Crippen LogP contribution in [0.2, 0.25) is 0 Å². The van der Waals surface area contributed by atoms with Crippen molar-refractivity contribution in [3.63, 3.8) is 0 Å². The Bertz CT molecular complexity index is 505. The highest BCUT2D eigenvalue weighted by Gasteiger charge is 2.00. The Hall–Kier alpha value is -1.78. The van der Waals surface area contributed by atoms with Gasteiger partial charge < -0.3 is 15.2 Å². The number of nitrogens with zero attached hydrogens (tertiary/aromatic N) is 2. The molecule has 0 saturated carbocycles. The van der Waals surface area contributed by atoms with E-state index in [-0.39, 0.29) is 5.56 Å². The first-order chi connectivity index (χ1) is 10.0. The normalized spacial score (nSPS) is 11.8. The van der Waals surface area contributed by atoms with Gasteiger partial charge in [0.15, 0.2) is 5.96 Å².